The van der Waals surface area contributed by atoms with Gasteiger partial charge in [0.05, 0.1) is 12.2 Å². The van der Waals surface area contributed by atoms with E-state index in [0.29, 0.717) is 17.3 Å². The number of carboxylic acids is 1. The zero-order valence-corrected chi connectivity index (χ0v) is 10.5. The molecule has 2 rings (SSSR count). The van der Waals surface area contributed by atoms with Crippen LogP contribution < -0.4 is 5.73 Å². The average molecular weight is 266 g/mol. The summed E-state index contributed by atoms with van der Waals surface area (Å²) in [7, 11) is 0. The number of aromatic nitrogens is 2. The molecule has 0 spiro atoms. The zero-order chi connectivity index (χ0) is 13.3. The Bertz CT molecular complexity index is 607. The number of benzene rings is 1. The van der Waals surface area contributed by atoms with Crippen LogP contribution in [0.4, 0.5) is 5.82 Å². The van der Waals surface area contributed by atoms with Crippen molar-refractivity contribution in [3.63, 3.8) is 0 Å². The summed E-state index contributed by atoms with van der Waals surface area (Å²) in [6.07, 6.45) is 0. The molecule has 5 nitrogen and oxygen atoms in total. The number of carboxylic acid groups (broad SMARTS) is 1. The molecular formula is C12H12ClN3O2. The lowest BCUT2D eigenvalue weighted by Crippen LogP contribution is -2.08. The molecule has 0 unspecified atom stereocenters. The molecular weight excluding hydrogens is 254 g/mol. The summed E-state index contributed by atoms with van der Waals surface area (Å²) >= 11 is 6.04. The Morgan fingerprint density at radius 1 is 1.50 bits per heavy atom. The monoisotopic (exact) mass is 265 g/mol. The number of carbonyl (C=O) groups is 1. The van der Waals surface area contributed by atoms with Crippen LogP contribution in [0.15, 0.2) is 24.3 Å². The van der Waals surface area contributed by atoms with E-state index in [9.17, 15) is 4.79 Å². The van der Waals surface area contributed by atoms with E-state index in [0.717, 1.165) is 5.56 Å². The number of anilines is 1. The lowest BCUT2D eigenvalue weighted by molar-refractivity contribution is 0.0697. The molecule has 1 aromatic carbocycles. The van der Waals surface area contributed by atoms with Crippen LogP contribution in [-0.2, 0) is 6.54 Å². The van der Waals surface area contributed by atoms with Crippen LogP contribution in [0.3, 0.4) is 0 Å². The van der Waals surface area contributed by atoms with E-state index in [1.165, 1.54) is 4.68 Å². The zero-order valence-electron chi connectivity index (χ0n) is 9.72. The first-order valence-corrected chi connectivity index (χ1v) is 5.68. The number of aromatic carboxylic acids is 1. The fourth-order valence-corrected chi connectivity index (χ4v) is 1.97. The Labute approximate surface area is 109 Å². The first-order valence-electron chi connectivity index (χ1n) is 5.30. The van der Waals surface area contributed by atoms with E-state index >= 15 is 0 Å². The molecule has 0 radical (unpaired) electrons. The number of nitrogen functional groups attached to an aromatic ring is 1. The van der Waals surface area contributed by atoms with Crippen molar-refractivity contribution in [1.29, 1.82) is 0 Å². The second-order valence-electron chi connectivity index (χ2n) is 3.90. The fourth-order valence-electron chi connectivity index (χ4n) is 1.77. The summed E-state index contributed by atoms with van der Waals surface area (Å²) in [5.74, 6) is -0.935. The van der Waals surface area contributed by atoms with E-state index < -0.39 is 5.97 Å². The van der Waals surface area contributed by atoms with Gasteiger partial charge < -0.3 is 10.8 Å². The number of nitrogens with zero attached hydrogens (tertiary/aromatic N) is 2. The molecule has 94 valence electrons. The number of aryl methyl sites for hydroxylation is 1. The average Bonchev–Trinajstić information content (AvgIpc) is 2.57. The number of halogens is 1. The van der Waals surface area contributed by atoms with Gasteiger partial charge in [-0.2, -0.15) is 5.10 Å². The minimum atomic E-state index is -1.07. The quantitative estimate of drug-likeness (QED) is 0.891. The minimum absolute atomic E-state index is 0.0436. The maximum atomic E-state index is 11.0. The summed E-state index contributed by atoms with van der Waals surface area (Å²) in [4.78, 5) is 11.0. The Morgan fingerprint density at radius 2 is 2.17 bits per heavy atom. The van der Waals surface area contributed by atoms with Crippen LogP contribution in [-0.4, -0.2) is 20.9 Å². The molecule has 0 aliphatic rings. The van der Waals surface area contributed by atoms with Gasteiger partial charge in [-0.1, -0.05) is 29.8 Å². The number of nitrogens with two attached hydrogens (primary N) is 1. The van der Waals surface area contributed by atoms with E-state index in [-0.39, 0.29) is 11.4 Å². The summed E-state index contributed by atoms with van der Waals surface area (Å²) in [6, 6.07) is 7.29. The van der Waals surface area contributed by atoms with Crippen LogP contribution in [0.2, 0.25) is 5.02 Å². The Hall–Kier alpha value is -2.01. The maximum Gasteiger partial charge on any atom is 0.341 e. The summed E-state index contributed by atoms with van der Waals surface area (Å²) in [5, 5.41) is 13.7. The van der Waals surface area contributed by atoms with Gasteiger partial charge in [-0.05, 0) is 18.6 Å². The third-order valence-corrected chi connectivity index (χ3v) is 3.03. The van der Waals surface area contributed by atoms with Gasteiger partial charge in [0.2, 0.25) is 0 Å². The highest BCUT2D eigenvalue weighted by molar-refractivity contribution is 6.31. The molecule has 0 saturated carbocycles. The topological polar surface area (TPSA) is 81.1 Å². The molecule has 0 amide bonds. The molecule has 3 N–H and O–H groups in total. The highest BCUT2D eigenvalue weighted by Crippen LogP contribution is 2.21. The van der Waals surface area contributed by atoms with Crippen molar-refractivity contribution < 1.29 is 9.90 Å². The highest BCUT2D eigenvalue weighted by atomic mass is 35.5. The van der Waals surface area contributed by atoms with Crippen LogP contribution in [0, 0.1) is 6.92 Å². The number of hydrogen-bond acceptors (Lipinski definition) is 3. The Kier molecular flexibility index (Phi) is 3.25. The van der Waals surface area contributed by atoms with Gasteiger partial charge in [0.1, 0.15) is 11.4 Å². The van der Waals surface area contributed by atoms with Crippen LogP contribution >= 0.6 is 11.6 Å². The van der Waals surface area contributed by atoms with E-state index in [2.05, 4.69) is 5.10 Å². The predicted molar refractivity (Wildman–Crippen MR) is 68.9 cm³/mol. The predicted octanol–water partition coefficient (Wildman–Crippen LogP) is 2.17. The van der Waals surface area contributed by atoms with Crippen molar-refractivity contribution in [2.45, 2.75) is 13.5 Å². The van der Waals surface area contributed by atoms with E-state index in [4.69, 9.17) is 22.4 Å². The van der Waals surface area contributed by atoms with Gasteiger partial charge in [-0.25, -0.2) is 9.48 Å². The number of rotatable bonds is 3. The molecule has 1 aromatic heterocycles. The SMILES string of the molecule is Cc1nn(Cc2ccccc2Cl)c(N)c1C(=O)O. The molecule has 0 saturated heterocycles. The number of hydrogen-bond donors (Lipinski definition) is 2. The molecule has 0 fully saturated rings. The first kappa shape index (κ1) is 12.4. The van der Waals surface area contributed by atoms with Crippen molar-refractivity contribution in [3.8, 4) is 0 Å². The van der Waals surface area contributed by atoms with Gasteiger partial charge in [-0.3, -0.25) is 0 Å². The summed E-state index contributed by atoms with van der Waals surface area (Å²) in [5.41, 5.74) is 7.06. The Morgan fingerprint density at radius 3 is 2.72 bits per heavy atom. The summed E-state index contributed by atoms with van der Waals surface area (Å²) in [6.45, 7) is 1.96. The van der Waals surface area contributed by atoms with E-state index in [1.807, 2.05) is 18.2 Å². The lowest BCUT2D eigenvalue weighted by atomic mass is 10.2. The molecule has 0 aliphatic carbocycles. The molecule has 0 aliphatic heterocycles. The highest BCUT2D eigenvalue weighted by Gasteiger charge is 2.18. The van der Waals surface area contributed by atoms with Gasteiger partial charge in [0.25, 0.3) is 0 Å². The molecule has 1 heterocycles. The smallest absolute Gasteiger partial charge is 0.341 e. The van der Waals surface area contributed by atoms with Crippen molar-refractivity contribution in [1.82, 2.24) is 9.78 Å². The van der Waals surface area contributed by atoms with Crippen molar-refractivity contribution in [2.24, 2.45) is 0 Å². The minimum Gasteiger partial charge on any atom is -0.477 e. The Balaban J connectivity index is 2.39. The van der Waals surface area contributed by atoms with Gasteiger partial charge >= 0.3 is 5.97 Å². The maximum absolute atomic E-state index is 11.0. The lowest BCUT2D eigenvalue weighted by Gasteiger charge is -2.06. The van der Waals surface area contributed by atoms with Crippen molar-refractivity contribution in [2.75, 3.05) is 5.73 Å². The van der Waals surface area contributed by atoms with Gasteiger partial charge in [0, 0.05) is 5.02 Å². The van der Waals surface area contributed by atoms with Crippen LogP contribution in [0.1, 0.15) is 21.6 Å². The third kappa shape index (κ3) is 2.17. The second-order valence-corrected chi connectivity index (χ2v) is 4.31. The molecule has 0 bridgehead atoms. The molecule has 2 aromatic rings. The second kappa shape index (κ2) is 4.70. The standard InChI is InChI=1S/C12H12ClN3O2/c1-7-10(12(17)18)11(14)16(15-7)6-8-4-2-3-5-9(8)13/h2-5H,6,14H2,1H3,(H,17,18). The van der Waals surface area contributed by atoms with Crippen LogP contribution in [0.25, 0.3) is 0 Å². The largest absolute Gasteiger partial charge is 0.477 e. The molecule has 18 heavy (non-hydrogen) atoms. The van der Waals surface area contributed by atoms with Gasteiger partial charge in [0.15, 0.2) is 0 Å². The normalized spacial score (nSPS) is 10.6. The van der Waals surface area contributed by atoms with Crippen molar-refractivity contribution >= 4 is 23.4 Å². The van der Waals surface area contributed by atoms with Crippen LogP contribution in [0.5, 0.6) is 0 Å². The van der Waals surface area contributed by atoms with E-state index in [1.54, 1.807) is 13.0 Å². The van der Waals surface area contributed by atoms with Crippen molar-refractivity contribution in [3.05, 3.63) is 46.1 Å². The fraction of sp³-hybridized carbons (Fsp3) is 0.167. The third-order valence-electron chi connectivity index (χ3n) is 2.66. The molecule has 6 heteroatoms. The van der Waals surface area contributed by atoms with Gasteiger partial charge in [-0.15, -0.1) is 0 Å². The molecule has 0 atom stereocenters. The first-order chi connectivity index (χ1) is 8.50. The summed E-state index contributed by atoms with van der Waals surface area (Å²) < 4.78 is 1.44.